The predicted molar refractivity (Wildman–Crippen MR) is 137 cm³/mol. The molecule has 1 N–H and O–H groups in total. The normalized spacial score (nSPS) is 21.3. The molecular formula is C25H31F2N7O2S. The molecule has 2 aliphatic carbocycles. The molecule has 3 aromatic rings. The van der Waals surface area contributed by atoms with Crippen molar-refractivity contribution >= 4 is 21.4 Å². The Balaban J connectivity index is 1.26. The number of nitrogens with one attached hydrogen (secondary N) is 1. The van der Waals surface area contributed by atoms with Gasteiger partial charge in [-0.3, -0.25) is 9.40 Å². The summed E-state index contributed by atoms with van der Waals surface area (Å²) in [5.74, 6) is -2.58. The number of hydrogen-bond acceptors (Lipinski definition) is 6. The van der Waals surface area contributed by atoms with Crippen molar-refractivity contribution < 1.29 is 17.2 Å². The summed E-state index contributed by atoms with van der Waals surface area (Å²) in [6.45, 7) is 1.81. The molecule has 3 heterocycles. The Hall–Kier alpha value is -3.02. The van der Waals surface area contributed by atoms with Gasteiger partial charge in [0.1, 0.15) is 11.4 Å². The largest absolute Gasteiger partial charge is 0.370 e. The monoisotopic (exact) mass is 531 g/mol. The van der Waals surface area contributed by atoms with Crippen LogP contribution in [-0.4, -0.2) is 58.5 Å². The number of alkyl halides is 2. The van der Waals surface area contributed by atoms with Gasteiger partial charge in [0.15, 0.2) is 0 Å². The molecule has 0 atom stereocenters. The van der Waals surface area contributed by atoms with E-state index in [1.807, 2.05) is 24.4 Å². The zero-order chi connectivity index (χ0) is 25.8. The first kappa shape index (κ1) is 24.3. The van der Waals surface area contributed by atoms with Crippen LogP contribution in [0.4, 0.5) is 20.2 Å². The lowest BCUT2D eigenvalue weighted by atomic mass is 9.92. The lowest BCUT2D eigenvalue weighted by Gasteiger charge is -2.35. The van der Waals surface area contributed by atoms with Gasteiger partial charge in [0, 0.05) is 32.1 Å². The molecule has 37 heavy (non-hydrogen) atoms. The van der Waals surface area contributed by atoms with Gasteiger partial charge in [0.2, 0.25) is 15.9 Å². The van der Waals surface area contributed by atoms with Crippen molar-refractivity contribution in [1.29, 1.82) is 0 Å². The number of piperidine rings is 1. The van der Waals surface area contributed by atoms with E-state index in [1.165, 1.54) is 12.8 Å². The Morgan fingerprint density at radius 2 is 1.70 bits per heavy atom. The molecule has 0 radical (unpaired) electrons. The highest BCUT2D eigenvalue weighted by molar-refractivity contribution is 7.92. The fourth-order valence-corrected chi connectivity index (χ4v) is 6.17. The van der Waals surface area contributed by atoms with Crippen LogP contribution in [-0.2, 0) is 10.0 Å². The van der Waals surface area contributed by atoms with Crippen molar-refractivity contribution in [2.45, 2.75) is 63.3 Å². The summed E-state index contributed by atoms with van der Waals surface area (Å²) in [5, 5.41) is 13.3. The van der Waals surface area contributed by atoms with E-state index >= 15 is 0 Å². The highest BCUT2D eigenvalue weighted by Gasteiger charge is 2.44. The number of hydrogen-bond donors (Lipinski definition) is 1. The third-order valence-corrected chi connectivity index (χ3v) is 8.68. The number of nitrogens with zero attached hydrogens (tertiary/aromatic N) is 6. The van der Waals surface area contributed by atoms with E-state index in [2.05, 4.69) is 25.0 Å². The molecule has 198 valence electrons. The molecule has 2 aromatic heterocycles. The fraction of sp³-hybridized carbons (Fsp3) is 0.560. The van der Waals surface area contributed by atoms with Gasteiger partial charge in [-0.1, -0.05) is 5.21 Å². The van der Waals surface area contributed by atoms with E-state index in [9.17, 15) is 17.2 Å². The molecule has 1 spiro atoms. The van der Waals surface area contributed by atoms with Crippen molar-refractivity contribution in [2.75, 3.05) is 29.0 Å². The minimum absolute atomic E-state index is 0.0428. The summed E-state index contributed by atoms with van der Waals surface area (Å²) in [6.07, 6.45) is 10.2. The first-order valence-corrected chi connectivity index (χ1v) is 14.7. The number of aromatic nitrogens is 5. The van der Waals surface area contributed by atoms with Gasteiger partial charge in [-0.2, -0.15) is 5.10 Å². The van der Waals surface area contributed by atoms with E-state index in [4.69, 9.17) is 0 Å². The Bertz CT molecular complexity index is 1390. The lowest BCUT2D eigenvalue weighted by Crippen LogP contribution is -2.35. The minimum atomic E-state index is -3.41. The van der Waals surface area contributed by atoms with E-state index in [1.54, 1.807) is 21.6 Å². The van der Waals surface area contributed by atoms with E-state index in [0.717, 1.165) is 43.6 Å². The molecule has 0 amide bonds. The Kier molecular flexibility index (Phi) is 5.77. The first-order chi connectivity index (χ1) is 17.6. The summed E-state index contributed by atoms with van der Waals surface area (Å²) in [7, 11) is -3.41. The highest BCUT2D eigenvalue weighted by Crippen LogP contribution is 2.54. The summed E-state index contributed by atoms with van der Waals surface area (Å²) < 4.78 is 56.8. The third-order valence-electron chi connectivity index (χ3n) is 8.07. The van der Waals surface area contributed by atoms with Crippen LogP contribution in [0.5, 0.6) is 0 Å². The number of sulfonamides is 1. The van der Waals surface area contributed by atoms with Crippen molar-refractivity contribution in [1.82, 2.24) is 24.8 Å². The average Bonchev–Trinajstić information content (AvgIpc) is 3.23. The lowest BCUT2D eigenvalue weighted by molar-refractivity contribution is -0.0449. The fourth-order valence-electron chi connectivity index (χ4n) is 5.61. The molecule has 9 nitrogen and oxygen atoms in total. The van der Waals surface area contributed by atoms with Crippen LogP contribution < -0.4 is 9.62 Å². The third kappa shape index (κ3) is 5.21. The molecule has 3 aliphatic rings. The molecule has 2 saturated carbocycles. The van der Waals surface area contributed by atoms with Crippen molar-refractivity contribution in [2.24, 2.45) is 5.41 Å². The zero-order valence-corrected chi connectivity index (χ0v) is 21.6. The van der Waals surface area contributed by atoms with Crippen molar-refractivity contribution in [3.63, 3.8) is 0 Å². The first-order valence-electron chi connectivity index (χ1n) is 12.8. The second-order valence-corrected chi connectivity index (χ2v) is 12.6. The van der Waals surface area contributed by atoms with Gasteiger partial charge < -0.3 is 4.90 Å². The van der Waals surface area contributed by atoms with Crippen LogP contribution in [0.15, 0.2) is 36.7 Å². The van der Waals surface area contributed by atoms with Gasteiger partial charge >= 0.3 is 0 Å². The van der Waals surface area contributed by atoms with E-state index < -0.39 is 15.9 Å². The topological polar surface area (TPSA) is 97.9 Å². The summed E-state index contributed by atoms with van der Waals surface area (Å²) in [6, 6.07) is 7.22. The van der Waals surface area contributed by atoms with Gasteiger partial charge in [0.25, 0.3) is 0 Å². The highest BCUT2D eigenvalue weighted by atomic mass is 32.2. The summed E-state index contributed by atoms with van der Waals surface area (Å²) in [5.41, 5.74) is 3.93. The molecule has 0 bridgehead atoms. The van der Waals surface area contributed by atoms with Crippen molar-refractivity contribution in [3.05, 3.63) is 36.7 Å². The minimum Gasteiger partial charge on any atom is -0.370 e. The number of anilines is 2. The Morgan fingerprint density at radius 1 is 0.973 bits per heavy atom. The maximum absolute atomic E-state index is 13.6. The second kappa shape index (κ2) is 8.78. The summed E-state index contributed by atoms with van der Waals surface area (Å²) >= 11 is 0. The van der Waals surface area contributed by atoms with Gasteiger partial charge in [0.05, 0.1) is 35.6 Å². The Labute approximate surface area is 214 Å². The van der Waals surface area contributed by atoms with E-state index in [-0.39, 0.29) is 18.9 Å². The van der Waals surface area contributed by atoms with Gasteiger partial charge in [-0.25, -0.2) is 21.9 Å². The molecule has 1 aromatic carbocycles. The molecule has 1 saturated heterocycles. The van der Waals surface area contributed by atoms with Crippen LogP contribution in [0.25, 0.3) is 17.1 Å². The smallest absolute Gasteiger partial charge is 0.248 e. The molecule has 12 heteroatoms. The van der Waals surface area contributed by atoms with Crippen LogP contribution in [0.2, 0.25) is 0 Å². The maximum atomic E-state index is 13.6. The molecule has 3 fully saturated rings. The van der Waals surface area contributed by atoms with Crippen LogP contribution in [0.3, 0.4) is 0 Å². The predicted octanol–water partition coefficient (Wildman–Crippen LogP) is 4.63. The number of benzene rings is 1. The van der Waals surface area contributed by atoms with E-state index in [0.29, 0.717) is 35.3 Å². The molecule has 0 unspecified atom stereocenters. The molecule has 1 aliphatic heterocycles. The standard InChI is InChI=1S/C25H31F2N7O2S/c1-37(35,36)30-18-2-3-22(23(16-18)32-14-11-24(9-10-24)12-15-32)34-17-21(28-31-34)20-6-13-33(29-20)19-4-7-25(26,27)8-5-19/h2-3,6,13,16-17,19,30H,4-5,7-12,14-15H2,1H3. The Morgan fingerprint density at radius 3 is 2.38 bits per heavy atom. The number of rotatable bonds is 6. The number of halogens is 2. The quantitative estimate of drug-likeness (QED) is 0.498. The average molecular weight is 532 g/mol. The zero-order valence-electron chi connectivity index (χ0n) is 20.8. The van der Waals surface area contributed by atoms with Crippen LogP contribution >= 0.6 is 0 Å². The SMILES string of the molecule is CS(=O)(=O)Nc1ccc(-n2cc(-c3ccn(C4CCC(F)(F)CC4)n3)nn2)c(N2CCC3(CC2)CC3)c1. The van der Waals surface area contributed by atoms with Crippen molar-refractivity contribution in [3.8, 4) is 17.1 Å². The van der Waals surface area contributed by atoms with Crippen LogP contribution in [0.1, 0.15) is 57.4 Å². The summed E-state index contributed by atoms with van der Waals surface area (Å²) in [4.78, 5) is 2.29. The van der Waals surface area contributed by atoms with Crippen LogP contribution in [0, 0.1) is 5.41 Å². The second-order valence-electron chi connectivity index (χ2n) is 10.9. The molecular weight excluding hydrogens is 500 g/mol. The maximum Gasteiger partial charge on any atom is 0.248 e. The van der Waals surface area contributed by atoms with Gasteiger partial charge in [-0.05, 0) is 68.2 Å². The molecule has 6 rings (SSSR count). The van der Waals surface area contributed by atoms with Gasteiger partial charge in [-0.15, -0.1) is 5.10 Å².